The van der Waals surface area contributed by atoms with Crippen molar-refractivity contribution in [3.05, 3.63) is 47.5 Å². The van der Waals surface area contributed by atoms with E-state index in [-0.39, 0.29) is 23.8 Å². The van der Waals surface area contributed by atoms with E-state index in [1.807, 2.05) is 4.90 Å². The predicted octanol–water partition coefficient (Wildman–Crippen LogP) is 2.80. The van der Waals surface area contributed by atoms with Gasteiger partial charge >= 0.3 is 0 Å². The second-order valence-electron chi connectivity index (χ2n) is 6.34. The lowest BCUT2D eigenvalue weighted by Crippen LogP contribution is -2.39. The molecule has 5 nitrogen and oxygen atoms in total. The number of hydrogen-bond acceptors (Lipinski definition) is 4. The minimum Gasteiger partial charge on any atom is -0.496 e. The van der Waals surface area contributed by atoms with Gasteiger partial charge in [-0.3, -0.25) is 9.69 Å². The van der Waals surface area contributed by atoms with Crippen LogP contribution in [0.4, 0.5) is 8.78 Å². The summed E-state index contributed by atoms with van der Waals surface area (Å²) in [6, 6.07) is 2.48. The molecular weight excluding hydrogens is 328 g/mol. The lowest BCUT2D eigenvalue weighted by atomic mass is 9.93. The van der Waals surface area contributed by atoms with Crippen molar-refractivity contribution in [3.63, 3.8) is 0 Å². The fraction of sp³-hybridized carbons (Fsp3) is 0.444. The number of methoxy groups -OCH3 is 1. The number of piperidine rings is 1. The van der Waals surface area contributed by atoms with Crippen LogP contribution in [0.3, 0.4) is 0 Å². The van der Waals surface area contributed by atoms with E-state index < -0.39 is 11.6 Å². The first-order chi connectivity index (χ1) is 12.0. The van der Waals surface area contributed by atoms with Crippen molar-refractivity contribution in [3.8, 4) is 5.75 Å². The van der Waals surface area contributed by atoms with Gasteiger partial charge in [-0.05, 0) is 31.5 Å². The van der Waals surface area contributed by atoms with E-state index in [0.717, 1.165) is 25.5 Å². The van der Waals surface area contributed by atoms with Gasteiger partial charge in [0.1, 0.15) is 5.75 Å². The van der Waals surface area contributed by atoms with Crippen molar-refractivity contribution in [2.75, 3.05) is 20.2 Å². The molecule has 0 unspecified atom stereocenters. The molecule has 7 heteroatoms. The number of ether oxygens (including phenoxy) is 1. The fourth-order valence-corrected chi connectivity index (χ4v) is 3.34. The van der Waals surface area contributed by atoms with Crippen LogP contribution in [0.5, 0.6) is 5.75 Å². The zero-order valence-electron chi connectivity index (χ0n) is 14.3. The smallest absolute Gasteiger partial charge is 0.202 e. The third-order valence-electron chi connectivity index (χ3n) is 4.67. The standard InChI is InChI=1S/C18H21F2N3O2/c1-22-9-7-21-18(22)17(24)12-4-3-8-23(10-12)11-13-15(25-2)6-5-14(19)16(13)20/h5-7,9,12H,3-4,8,10-11H2,1-2H3/t12-/m0/s1. The van der Waals surface area contributed by atoms with Gasteiger partial charge in [0, 0.05) is 44.0 Å². The summed E-state index contributed by atoms with van der Waals surface area (Å²) in [5.74, 6) is -1.25. The van der Waals surface area contributed by atoms with E-state index >= 15 is 0 Å². The third-order valence-corrected chi connectivity index (χ3v) is 4.67. The van der Waals surface area contributed by atoms with Crippen molar-refractivity contribution in [1.82, 2.24) is 14.5 Å². The Hall–Kier alpha value is -2.28. The van der Waals surface area contributed by atoms with Crippen molar-refractivity contribution < 1.29 is 18.3 Å². The molecule has 0 radical (unpaired) electrons. The molecule has 0 saturated carbocycles. The molecule has 1 aliphatic heterocycles. The molecule has 1 aromatic carbocycles. The lowest BCUT2D eigenvalue weighted by molar-refractivity contribution is 0.0795. The van der Waals surface area contributed by atoms with E-state index in [1.165, 1.54) is 13.2 Å². The molecule has 3 rings (SSSR count). The average Bonchev–Trinajstić information content (AvgIpc) is 3.05. The average molecular weight is 349 g/mol. The van der Waals surface area contributed by atoms with Gasteiger partial charge < -0.3 is 9.30 Å². The van der Waals surface area contributed by atoms with Crippen LogP contribution >= 0.6 is 0 Å². The molecule has 1 atom stereocenters. The molecular formula is C18H21F2N3O2. The molecule has 1 fully saturated rings. The second-order valence-corrected chi connectivity index (χ2v) is 6.34. The van der Waals surface area contributed by atoms with Gasteiger partial charge in [0.2, 0.25) is 5.78 Å². The van der Waals surface area contributed by atoms with E-state index in [2.05, 4.69) is 4.98 Å². The first kappa shape index (κ1) is 17.5. The highest BCUT2D eigenvalue weighted by Crippen LogP contribution is 2.28. The zero-order chi connectivity index (χ0) is 18.0. The number of ketones is 1. The summed E-state index contributed by atoms with van der Waals surface area (Å²) in [6.07, 6.45) is 4.92. The number of rotatable bonds is 5. The number of benzene rings is 1. The van der Waals surface area contributed by atoms with Crippen LogP contribution < -0.4 is 4.74 Å². The minimum absolute atomic E-state index is 0.0103. The van der Waals surface area contributed by atoms with Gasteiger partial charge in [0.05, 0.1) is 7.11 Å². The highest BCUT2D eigenvalue weighted by atomic mass is 19.2. The Morgan fingerprint density at radius 1 is 1.40 bits per heavy atom. The van der Waals surface area contributed by atoms with Gasteiger partial charge in [0.15, 0.2) is 17.5 Å². The van der Waals surface area contributed by atoms with Gasteiger partial charge in [0.25, 0.3) is 0 Å². The van der Waals surface area contributed by atoms with Crippen LogP contribution in [-0.2, 0) is 13.6 Å². The summed E-state index contributed by atoms with van der Waals surface area (Å²) >= 11 is 0. The number of hydrogen-bond donors (Lipinski definition) is 0. The molecule has 0 amide bonds. The van der Waals surface area contributed by atoms with E-state index in [4.69, 9.17) is 4.74 Å². The SMILES string of the molecule is COc1ccc(F)c(F)c1CN1CCC[C@H](C(=O)c2nccn2C)C1. The van der Waals surface area contributed by atoms with E-state index in [1.54, 1.807) is 24.0 Å². The Morgan fingerprint density at radius 2 is 2.20 bits per heavy atom. The largest absolute Gasteiger partial charge is 0.496 e. The molecule has 2 aromatic rings. The van der Waals surface area contributed by atoms with Gasteiger partial charge in [-0.15, -0.1) is 0 Å². The molecule has 2 heterocycles. The van der Waals surface area contributed by atoms with Crippen molar-refractivity contribution >= 4 is 5.78 Å². The van der Waals surface area contributed by atoms with Crippen LogP contribution in [0, 0.1) is 17.6 Å². The third kappa shape index (κ3) is 3.56. The zero-order valence-corrected chi connectivity index (χ0v) is 14.3. The molecule has 0 bridgehead atoms. The van der Waals surface area contributed by atoms with E-state index in [0.29, 0.717) is 18.1 Å². The molecule has 1 aliphatic rings. The number of Topliss-reactive ketones (excluding diaryl/α,β-unsaturated/α-hetero) is 1. The molecule has 0 spiro atoms. The lowest BCUT2D eigenvalue weighted by Gasteiger charge is -2.32. The van der Waals surface area contributed by atoms with Crippen LogP contribution in [0.25, 0.3) is 0 Å². The summed E-state index contributed by atoms with van der Waals surface area (Å²) in [5.41, 5.74) is 0.188. The number of carbonyl (C=O) groups excluding carboxylic acids is 1. The van der Waals surface area contributed by atoms with E-state index in [9.17, 15) is 13.6 Å². The predicted molar refractivity (Wildman–Crippen MR) is 88.4 cm³/mol. The summed E-state index contributed by atoms with van der Waals surface area (Å²) < 4.78 is 34.6. The molecule has 1 saturated heterocycles. The molecule has 0 aliphatic carbocycles. The first-order valence-electron chi connectivity index (χ1n) is 8.26. The Kier molecular flexibility index (Phi) is 5.13. The highest BCUT2D eigenvalue weighted by molar-refractivity contribution is 5.94. The topological polar surface area (TPSA) is 47.4 Å². The number of likely N-dealkylation sites (tertiary alicyclic amines) is 1. The highest BCUT2D eigenvalue weighted by Gasteiger charge is 2.29. The number of aryl methyl sites for hydroxylation is 1. The van der Waals surface area contributed by atoms with Gasteiger partial charge in [-0.25, -0.2) is 13.8 Å². The molecule has 1 aromatic heterocycles. The molecule has 25 heavy (non-hydrogen) atoms. The second kappa shape index (κ2) is 7.31. The summed E-state index contributed by atoms with van der Waals surface area (Å²) in [4.78, 5) is 18.7. The van der Waals surface area contributed by atoms with Gasteiger partial charge in [-0.1, -0.05) is 0 Å². The number of nitrogens with zero attached hydrogens (tertiary/aromatic N) is 3. The maximum absolute atomic E-state index is 14.2. The Balaban J connectivity index is 1.76. The fourth-order valence-electron chi connectivity index (χ4n) is 3.34. The summed E-state index contributed by atoms with van der Waals surface area (Å²) in [6.45, 7) is 1.42. The van der Waals surface area contributed by atoms with Crippen LogP contribution in [-0.4, -0.2) is 40.4 Å². The molecule has 0 N–H and O–H groups in total. The number of aromatic nitrogens is 2. The maximum atomic E-state index is 14.2. The maximum Gasteiger partial charge on any atom is 0.202 e. The Labute approximate surface area is 145 Å². The van der Waals surface area contributed by atoms with Crippen LogP contribution in [0.1, 0.15) is 29.0 Å². The monoisotopic (exact) mass is 349 g/mol. The summed E-state index contributed by atoms with van der Waals surface area (Å²) in [7, 11) is 3.22. The minimum atomic E-state index is -0.895. The number of imidazole rings is 1. The van der Waals surface area contributed by atoms with Crippen molar-refractivity contribution in [1.29, 1.82) is 0 Å². The quantitative estimate of drug-likeness (QED) is 0.779. The Bertz CT molecular complexity index is 776. The van der Waals surface area contributed by atoms with Crippen LogP contribution in [0.15, 0.2) is 24.5 Å². The Morgan fingerprint density at radius 3 is 2.88 bits per heavy atom. The van der Waals surface area contributed by atoms with Crippen molar-refractivity contribution in [2.45, 2.75) is 19.4 Å². The summed E-state index contributed by atoms with van der Waals surface area (Å²) in [5, 5.41) is 0. The number of halogens is 2. The van der Waals surface area contributed by atoms with Crippen LogP contribution in [0.2, 0.25) is 0 Å². The van der Waals surface area contributed by atoms with Crippen molar-refractivity contribution in [2.24, 2.45) is 13.0 Å². The molecule has 134 valence electrons. The van der Waals surface area contributed by atoms with Gasteiger partial charge in [-0.2, -0.15) is 0 Å². The normalized spacial score (nSPS) is 18.3. The first-order valence-corrected chi connectivity index (χ1v) is 8.26. The number of carbonyl (C=O) groups is 1.